The molecule has 0 atom stereocenters. The van der Waals surface area contributed by atoms with Crippen molar-refractivity contribution in [3.05, 3.63) is 59.7 Å². The van der Waals surface area contributed by atoms with E-state index >= 15 is 0 Å². The minimum absolute atomic E-state index is 0.00843. The van der Waals surface area contributed by atoms with Crippen LogP contribution in [0.15, 0.2) is 53.4 Å². The quantitative estimate of drug-likeness (QED) is 0.790. The molecule has 6 nitrogen and oxygen atoms in total. The van der Waals surface area contributed by atoms with Crippen LogP contribution in [0.25, 0.3) is 0 Å². The molecular formula is C21H27N3O3S. The first-order chi connectivity index (χ1) is 13.3. The lowest BCUT2D eigenvalue weighted by atomic mass is 10.1. The molecule has 1 aliphatic heterocycles. The normalized spacial score (nSPS) is 15.9. The van der Waals surface area contributed by atoms with Gasteiger partial charge in [-0.2, -0.15) is 0 Å². The highest BCUT2D eigenvalue weighted by Gasteiger charge is 2.22. The molecule has 1 heterocycles. The van der Waals surface area contributed by atoms with E-state index in [-0.39, 0.29) is 10.8 Å². The number of likely N-dealkylation sites (N-methyl/N-ethyl adjacent to an activating group) is 1. The molecule has 0 N–H and O–H groups in total. The van der Waals surface area contributed by atoms with Crippen molar-refractivity contribution in [3.63, 3.8) is 0 Å². The second-order valence-electron chi connectivity index (χ2n) is 7.28. The van der Waals surface area contributed by atoms with Crippen molar-refractivity contribution in [1.29, 1.82) is 0 Å². The Kier molecular flexibility index (Phi) is 6.05. The third kappa shape index (κ3) is 4.36. The number of nitrogens with zero attached hydrogens (tertiary/aromatic N) is 3. The van der Waals surface area contributed by atoms with E-state index < -0.39 is 10.0 Å². The Bertz CT molecular complexity index is 924. The number of hydrogen-bond acceptors (Lipinski definition) is 4. The largest absolute Gasteiger partial charge is 0.337 e. The van der Waals surface area contributed by atoms with E-state index in [0.717, 1.165) is 31.6 Å². The molecule has 2 aromatic carbocycles. The second-order valence-corrected chi connectivity index (χ2v) is 9.25. The van der Waals surface area contributed by atoms with Gasteiger partial charge in [0.25, 0.3) is 15.9 Å². The van der Waals surface area contributed by atoms with Gasteiger partial charge in [-0.05, 0) is 63.3 Å². The van der Waals surface area contributed by atoms with Gasteiger partial charge in [0.1, 0.15) is 0 Å². The lowest BCUT2D eigenvalue weighted by Gasteiger charge is -2.22. The van der Waals surface area contributed by atoms with Crippen molar-refractivity contribution in [1.82, 2.24) is 9.80 Å². The molecule has 0 aliphatic carbocycles. The van der Waals surface area contributed by atoms with Gasteiger partial charge in [-0.25, -0.2) is 8.42 Å². The van der Waals surface area contributed by atoms with Crippen molar-refractivity contribution in [2.75, 3.05) is 44.6 Å². The predicted octanol–water partition coefficient (Wildman–Crippen LogP) is 2.60. The van der Waals surface area contributed by atoms with Gasteiger partial charge in [-0.15, -0.1) is 0 Å². The molecule has 0 bridgehead atoms. The minimum Gasteiger partial charge on any atom is -0.337 e. The lowest BCUT2D eigenvalue weighted by Crippen LogP contribution is -2.34. The molecule has 3 rings (SSSR count). The van der Waals surface area contributed by atoms with Crippen LogP contribution in [0.3, 0.4) is 0 Å². The molecule has 2 aromatic rings. The smallest absolute Gasteiger partial charge is 0.264 e. The number of amides is 1. The Morgan fingerprint density at radius 3 is 2.21 bits per heavy atom. The fourth-order valence-electron chi connectivity index (χ4n) is 3.25. The van der Waals surface area contributed by atoms with E-state index in [1.165, 1.54) is 11.4 Å². The van der Waals surface area contributed by atoms with Crippen LogP contribution < -0.4 is 4.31 Å². The number of sulfonamides is 1. The van der Waals surface area contributed by atoms with E-state index in [0.29, 0.717) is 17.8 Å². The molecule has 0 radical (unpaired) electrons. The number of hydrogen-bond donors (Lipinski definition) is 0. The van der Waals surface area contributed by atoms with Crippen molar-refractivity contribution in [2.24, 2.45) is 0 Å². The number of carbonyl (C=O) groups excluding carboxylic acids is 1. The van der Waals surface area contributed by atoms with Gasteiger partial charge >= 0.3 is 0 Å². The van der Waals surface area contributed by atoms with Crippen molar-refractivity contribution < 1.29 is 13.2 Å². The number of rotatable bonds is 4. The summed E-state index contributed by atoms with van der Waals surface area (Å²) in [5.41, 5.74) is 2.10. The van der Waals surface area contributed by atoms with Crippen LogP contribution in [0.5, 0.6) is 0 Å². The van der Waals surface area contributed by atoms with E-state index in [1.807, 2.05) is 11.8 Å². The summed E-state index contributed by atoms with van der Waals surface area (Å²) < 4.78 is 26.9. The highest BCUT2D eigenvalue weighted by molar-refractivity contribution is 7.92. The Labute approximate surface area is 167 Å². The average Bonchev–Trinajstić information content (AvgIpc) is 2.92. The summed E-state index contributed by atoms with van der Waals surface area (Å²) in [5.74, 6) is -0.00843. The third-order valence-electron chi connectivity index (χ3n) is 5.16. The summed E-state index contributed by atoms with van der Waals surface area (Å²) in [5, 5.41) is 0. The first kappa shape index (κ1) is 20.4. The SMILES string of the molecule is Cc1ccc(S(=O)(=O)N(C)c2ccc(C(=O)N3CCCN(C)CC3)cc2)cc1. The van der Waals surface area contributed by atoms with Crippen LogP contribution in [-0.2, 0) is 10.0 Å². The Morgan fingerprint density at radius 2 is 1.57 bits per heavy atom. The van der Waals surface area contributed by atoms with E-state index in [1.54, 1.807) is 48.5 Å². The lowest BCUT2D eigenvalue weighted by molar-refractivity contribution is 0.0763. The standard InChI is InChI=1S/C21H27N3O3S/c1-17-5-11-20(12-6-17)28(26,27)23(3)19-9-7-18(8-10-19)21(25)24-14-4-13-22(2)15-16-24/h5-12H,4,13-16H2,1-3H3. The Balaban J connectivity index is 1.76. The zero-order chi connectivity index (χ0) is 20.3. The Hall–Kier alpha value is -2.38. The van der Waals surface area contributed by atoms with Crippen LogP contribution in [-0.4, -0.2) is 64.4 Å². The highest BCUT2D eigenvalue weighted by Crippen LogP contribution is 2.23. The maximum atomic E-state index is 12.8. The number of benzene rings is 2. The summed E-state index contributed by atoms with van der Waals surface area (Å²) in [4.78, 5) is 17.1. The molecule has 28 heavy (non-hydrogen) atoms. The van der Waals surface area contributed by atoms with Gasteiger partial charge in [0, 0.05) is 32.2 Å². The molecule has 0 aromatic heterocycles. The number of carbonyl (C=O) groups is 1. The van der Waals surface area contributed by atoms with E-state index in [2.05, 4.69) is 11.9 Å². The molecule has 1 saturated heterocycles. The van der Waals surface area contributed by atoms with Gasteiger partial charge in [0.15, 0.2) is 0 Å². The molecule has 1 aliphatic rings. The fraction of sp³-hybridized carbons (Fsp3) is 0.381. The summed E-state index contributed by atoms with van der Waals surface area (Å²) in [6, 6.07) is 13.5. The van der Waals surface area contributed by atoms with Gasteiger partial charge in [0.2, 0.25) is 0 Å². The zero-order valence-corrected chi connectivity index (χ0v) is 17.4. The first-order valence-electron chi connectivity index (χ1n) is 9.42. The predicted molar refractivity (Wildman–Crippen MR) is 111 cm³/mol. The summed E-state index contributed by atoms with van der Waals surface area (Å²) >= 11 is 0. The Morgan fingerprint density at radius 1 is 0.929 bits per heavy atom. The maximum absolute atomic E-state index is 12.8. The number of aryl methyl sites for hydroxylation is 1. The third-order valence-corrected chi connectivity index (χ3v) is 6.96. The zero-order valence-electron chi connectivity index (χ0n) is 16.6. The van der Waals surface area contributed by atoms with Crippen LogP contribution in [0.2, 0.25) is 0 Å². The molecular weight excluding hydrogens is 374 g/mol. The summed E-state index contributed by atoms with van der Waals surface area (Å²) in [7, 11) is -0.0538. The van der Waals surface area contributed by atoms with Crippen LogP contribution in [0, 0.1) is 6.92 Å². The van der Waals surface area contributed by atoms with E-state index in [4.69, 9.17) is 0 Å². The van der Waals surface area contributed by atoms with Gasteiger partial charge in [-0.3, -0.25) is 9.10 Å². The maximum Gasteiger partial charge on any atom is 0.264 e. The fourth-order valence-corrected chi connectivity index (χ4v) is 4.45. The summed E-state index contributed by atoms with van der Waals surface area (Å²) in [6.45, 7) is 5.22. The van der Waals surface area contributed by atoms with Crippen molar-refractivity contribution in [2.45, 2.75) is 18.2 Å². The molecule has 0 saturated carbocycles. The van der Waals surface area contributed by atoms with Crippen LogP contribution in [0.1, 0.15) is 22.3 Å². The van der Waals surface area contributed by atoms with Gasteiger partial charge < -0.3 is 9.80 Å². The van der Waals surface area contributed by atoms with Crippen LogP contribution in [0.4, 0.5) is 5.69 Å². The van der Waals surface area contributed by atoms with Crippen molar-refractivity contribution in [3.8, 4) is 0 Å². The average molecular weight is 402 g/mol. The van der Waals surface area contributed by atoms with Crippen molar-refractivity contribution >= 4 is 21.6 Å². The number of anilines is 1. The topological polar surface area (TPSA) is 60.9 Å². The van der Waals surface area contributed by atoms with Gasteiger partial charge in [0.05, 0.1) is 10.6 Å². The van der Waals surface area contributed by atoms with Crippen LogP contribution >= 0.6 is 0 Å². The second kappa shape index (κ2) is 8.32. The molecule has 1 amide bonds. The molecule has 150 valence electrons. The molecule has 0 spiro atoms. The monoisotopic (exact) mass is 401 g/mol. The minimum atomic E-state index is -3.64. The molecule has 7 heteroatoms. The molecule has 0 unspecified atom stereocenters. The molecule has 1 fully saturated rings. The highest BCUT2D eigenvalue weighted by atomic mass is 32.2. The van der Waals surface area contributed by atoms with E-state index in [9.17, 15) is 13.2 Å². The summed E-state index contributed by atoms with van der Waals surface area (Å²) in [6.07, 6.45) is 0.956. The van der Waals surface area contributed by atoms with Gasteiger partial charge in [-0.1, -0.05) is 17.7 Å². The first-order valence-corrected chi connectivity index (χ1v) is 10.9.